The van der Waals surface area contributed by atoms with Crippen molar-refractivity contribution in [2.75, 3.05) is 13.2 Å². The molecule has 1 aromatic carbocycles. The van der Waals surface area contributed by atoms with Gasteiger partial charge in [0.2, 0.25) is 0 Å². The lowest BCUT2D eigenvalue weighted by Crippen LogP contribution is -2.11. The fourth-order valence-corrected chi connectivity index (χ4v) is 2.18. The second-order valence-corrected chi connectivity index (χ2v) is 5.15. The molecular formula is C13H11BrO3S. The largest absolute Gasteiger partial charge is 0.490 e. The quantitative estimate of drug-likeness (QED) is 0.620. The fourth-order valence-electron chi connectivity index (χ4n) is 1.29. The van der Waals surface area contributed by atoms with E-state index in [0.29, 0.717) is 12.2 Å². The molecule has 0 saturated heterocycles. The highest BCUT2D eigenvalue weighted by atomic mass is 79.9. The van der Waals surface area contributed by atoms with Crippen LogP contribution in [0.1, 0.15) is 10.4 Å². The van der Waals surface area contributed by atoms with Gasteiger partial charge in [0.05, 0.1) is 5.56 Å². The van der Waals surface area contributed by atoms with Crippen LogP contribution in [0.4, 0.5) is 0 Å². The highest BCUT2D eigenvalue weighted by Gasteiger charge is 2.06. The topological polar surface area (TPSA) is 35.5 Å². The van der Waals surface area contributed by atoms with Gasteiger partial charge in [-0.05, 0) is 35.7 Å². The minimum atomic E-state index is -0.310. The van der Waals surface area contributed by atoms with Crippen LogP contribution in [0.2, 0.25) is 0 Å². The summed E-state index contributed by atoms with van der Waals surface area (Å²) in [6, 6.07) is 9.23. The van der Waals surface area contributed by atoms with Gasteiger partial charge < -0.3 is 9.47 Å². The molecule has 1 heterocycles. The molecular weight excluding hydrogens is 316 g/mol. The Balaban J connectivity index is 1.70. The third-order valence-corrected chi connectivity index (χ3v) is 3.37. The van der Waals surface area contributed by atoms with Crippen molar-refractivity contribution in [3.8, 4) is 5.75 Å². The molecule has 94 valence electrons. The Morgan fingerprint density at radius 1 is 1.17 bits per heavy atom. The van der Waals surface area contributed by atoms with Crippen molar-refractivity contribution < 1.29 is 14.3 Å². The number of carbonyl (C=O) groups excluding carboxylic acids is 1. The maximum Gasteiger partial charge on any atom is 0.339 e. The van der Waals surface area contributed by atoms with Gasteiger partial charge in [0.1, 0.15) is 19.0 Å². The zero-order valence-corrected chi connectivity index (χ0v) is 11.9. The number of hydrogen-bond acceptors (Lipinski definition) is 4. The average molecular weight is 327 g/mol. The molecule has 2 rings (SSSR count). The Kier molecular flexibility index (Phi) is 4.78. The zero-order valence-electron chi connectivity index (χ0n) is 9.47. The molecule has 3 nitrogen and oxygen atoms in total. The second kappa shape index (κ2) is 6.56. The molecule has 0 saturated carbocycles. The van der Waals surface area contributed by atoms with Crippen molar-refractivity contribution in [2.45, 2.75) is 0 Å². The van der Waals surface area contributed by atoms with Crippen molar-refractivity contribution in [3.63, 3.8) is 0 Å². The van der Waals surface area contributed by atoms with Crippen molar-refractivity contribution in [2.24, 2.45) is 0 Å². The normalized spacial score (nSPS) is 10.1. The first-order valence-electron chi connectivity index (χ1n) is 5.33. The number of thiophene rings is 1. The van der Waals surface area contributed by atoms with Crippen LogP contribution in [-0.2, 0) is 4.74 Å². The summed E-state index contributed by atoms with van der Waals surface area (Å²) in [5.74, 6) is 0.445. The van der Waals surface area contributed by atoms with E-state index in [1.54, 1.807) is 11.4 Å². The number of ether oxygens (including phenoxy) is 2. The number of halogens is 1. The molecule has 0 bridgehead atoms. The summed E-state index contributed by atoms with van der Waals surface area (Å²) in [6.07, 6.45) is 0. The van der Waals surface area contributed by atoms with Gasteiger partial charge in [-0.1, -0.05) is 15.9 Å². The summed E-state index contributed by atoms with van der Waals surface area (Å²) < 4.78 is 11.5. The lowest BCUT2D eigenvalue weighted by Gasteiger charge is -2.06. The lowest BCUT2D eigenvalue weighted by atomic mass is 10.3. The van der Waals surface area contributed by atoms with Crippen molar-refractivity contribution in [1.82, 2.24) is 0 Å². The van der Waals surface area contributed by atoms with Gasteiger partial charge in [-0.2, -0.15) is 11.3 Å². The van der Waals surface area contributed by atoms with E-state index in [1.807, 2.05) is 29.6 Å². The van der Waals surface area contributed by atoms with E-state index in [0.717, 1.165) is 10.2 Å². The monoisotopic (exact) mass is 326 g/mol. The maximum absolute atomic E-state index is 11.5. The minimum absolute atomic E-state index is 0.241. The van der Waals surface area contributed by atoms with E-state index in [2.05, 4.69) is 15.9 Å². The van der Waals surface area contributed by atoms with Crippen molar-refractivity contribution in [1.29, 1.82) is 0 Å². The van der Waals surface area contributed by atoms with E-state index < -0.39 is 0 Å². The third-order valence-electron chi connectivity index (χ3n) is 2.16. The average Bonchev–Trinajstić information content (AvgIpc) is 2.90. The highest BCUT2D eigenvalue weighted by molar-refractivity contribution is 9.10. The summed E-state index contributed by atoms with van der Waals surface area (Å²) in [7, 11) is 0. The van der Waals surface area contributed by atoms with Gasteiger partial charge in [0.25, 0.3) is 0 Å². The number of hydrogen-bond donors (Lipinski definition) is 0. The summed E-state index contributed by atoms with van der Waals surface area (Å²) in [4.78, 5) is 11.5. The zero-order chi connectivity index (χ0) is 12.8. The molecule has 0 unspecified atom stereocenters. The predicted octanol–water partition coefficient (Wildman–Crippen LogP) is 3.75. The SMILES string of the molecule is O=C(OCCOc1ccc(Br)cc1)c1ccsc1. The Labute approximate surface area is 117 Å². The molecule has 0 amide bonds. The Bertz CT molecular complexity index is 493. The third kappa shape index (κ3) is 3.85. The first-order chi connectivity index (χ1) is 8.75. The van der Waals surface area contributed by atoms with Crippen molar-refractivity contribution in [3.05, 3.63) is 51.1 Å². The molecule has 0 aliphatic rings. The summed E-state index contributed by atoms with van der Waals surface area (Å²) in [6.45, 7) is 0.586. The van der Waals surface area contributed by atoms with Crippen LogP contribution < -0.4 is 4.74 Å². The molecule has 0 aliphatic carbocycles. The summed E-state index contributed by atoms with van der Waals surface area (Å²) >= 11 is 4.81. The Hall–Kier alpha value is -1.33. The van der Waals surface area contributed by atoms with Gasteiger partial charge in [0.15, 0.2) is 0 Å². The van der Waals surface area contributed by atoms with Gasteiger partial charge in [-0.25, -0.2) is 4.79 Å². The van der Waals surface area contributed by atoms with E-state index in [9.17, 15) is 4.79 Å². The van der Waals surface area contributed by atoms with Crippen LogP contribution in [0, 0.1) is 0 Å². The summed E-state index contributed by atoms with van der Waals surface area (Å²) in [5.41, 5.74) is 0.587. The van der Waals surface area contributed by atoms with Crippen LogP contribution >= 0.6 is 27.3 Å². The molecule has 1 aromatic heterocycles. The van der Waals surface area contributed by atoms with E-state index in [-0.39, 0.29) is 12.6 Å². The lowest BCUT2D eigenvalue weighted by molar-refractivity contribution is 0.0451. The molecule has 0 fully saturated rings. The van der Waals surface area contributed by atoms with E-state index in [4.69, 9.17) is 9.47 Å². The number of benzene rings is 1. The van der Waals surface area contributed by atoms with Crippen LogP contribution in [0.15, 0.2) is 45.6 Å². The summed E-state index contributed by atoms with van der Waals surface area (Å²) in [5, 5.41) is 3.60. The minimum Gasteiger partial charge on any atom is -0.490 e. The van der Waals surface area contributed by atoms with Gasteiger partial charge in [-0.3, -0.25) is 0 Å². The van der Waals surface area contributed by atoms with Gasteiger partial charge in [-0.15, -0.1) is 0 Å². The Morgan fingerprint density at radius 2 is 1.94 bits per heavy atom. The standard InChI is InChI=1S/C13H11BrO3S/c14-11-1-3-12(4-2-11)16-6-7-17-13(15)10-5-8-18-9-10/h1-5,8-9H,6-7H2. The van der Waals surface area contributed by atoms with Crippen LogP contribution in [-0.4, -0.2) is 19.2 Å². The molecule has 0 spiro atoms. The first kappa shape index (κ1) is 13.1. The van der Waals surface area contributed by atoms with E-state index in [1.165, 1.54) is 11.3 Å². The smallest absolute Gasteiger partial charge is 0.339 e. The molecule has 18 heavy (non-hydrogen) atoms. The van der Waals surface area contributed by atoms with Gasteiger partial charge >= 0.3 is 5.97 Å². The van der Waals surface area contributed by atoms with E-state index >= 15 is 0 Å². The number of carbonyl (C=O) groups is 1. The molecule has 0 aliphatic heterocycles. The molecule has 2 aromatic rings. The second-order valence-electron chi connectivity index (χ2n) is 3.45. The van der Waals surface area contributed by atoms with Crippen LogP contribution in [0.25, 0.3) is 0 Å². The maximum atomic E-state index is 11.5. The molecule has 5 heteroatoms. The number of rotatable bonds is 5. The predicted molar refractivity (Wildman–Crippen MR) is 74.2 cm³/mol. The van der Waals surface area contributed by atoms with Crippen molar-refractivity contribution >= 4 is 33.2 Å². The number of esters is 1. The first-order valence-corrected chi connectivity index (χ1v) is 7.07. The van der Waals surface area contributed by atoms with Gasteiger partial charge in [0, 0.05) is 9.85 Å². The van der Waals surface area contributed by atoms with Crippen LogP contribution in [0.3, 0.4) is 0 Å². The highest BCUT2D eigenvalue weighted by Crippen LogP contribution is 2.16. The van der Waals surface area contributed by atoms with Crippen LogP contribution in [0.5, 0.6) is 5.75 Å². The fraction of sp³-hybridized carbons (Fsp3) is 0.154. The Morgan fingerprint density at radius 3 is 2.61 bits per heavy atom. The molecule has 0 N–H and O–H groups in total. The molecule has 0 radical (unpaired) electrons. The molecule has 0 atom stereocenters.